The Morgan fingerprint density at radius 1 is 1.67 bits per heavy atom. The summed E-state index contributed by atoms with van der Waals surface area (Å²) in [6.07, 6.45) is 7.21. The highest BCUT2D eigenvalue weighted by Gasteiger charge is 1.98. The van der Waals surface area contributed by atoms with Crippen molar-refractivity contribution in [3.63, 3.8) is 0 Å². The predicted octanol–water partition coefficient (Wildman–Crippen LogP) is 1.97. The first-order chi connectivity index (χ1) is 2.89. The Morgan fingerprint density at radius 3 is 2.67 bits per heavy atom. The molecular weight excluding hydrogens is 72.1 g/mol. The van der Waals surface area contributed by atoms with Crippen molar-refractivity contribution in [2.75, 3.05) is 0 Å². The van der Waals surface area contributed by atoms with Crippen molar-refractivity contribution < 1.29 is 0 Å². The van der Waals surface area contributed by atoms with Gasteiger partial charge in [0.05, 0.1) is 0 Å². The molecule has 1 rings (SSSR count). The number of allylic oxidation sites excluding steroid dienone is 2. The van der Waals surface area contributed by atoms with Crippen LogP contribution in [-0.4, -0.2) is 0 Å². The van der Waals surface area contributed by atoms with Crippen LogP contribution in [0.25, 0.3) is 0 Å². The fraction of sp³-hybridized carbons (Fsp3) is 0.667. The number of hydrogen-bond acceptors (Lipinski definition) is 0. The molecule has 0 spiro atoms. The van der Waals surface area contributed by atoms with E-state index in [1.807, 2.05) is 0 Å². The van der Waals surface area contributed by atoms with E-state index in [2.05, 4.69) is 19.1 Å². The van der Waals surface area contributed by atoms with Crippen LogP contribution in [-0.2, 0) is 0 Å². The van der Waals surface area contributed by atoms with E-state index >= 15 is 0 Å². The molecule has 0 aromatic heterocycles. The Kier molecular flexibility index (Phi) is 0.952. The van der Waals surface area contributed by atoms with E-state index in [1.165, 1.54) is 12.8 Å². The highest BCUT2D eigenvalue weighted by molar-refractivity contribution is 4.93. The van der Waals surface area contributed by atoms with Crippen molar-refractivity contribution in [1.29, 1.82) is 0 Å². The molecule has 0 nitrogen and oxygen atoms in total. The molecule has 1 aliphatic carbocycles. The molecule has 1 atom stereocenters. The summed E-state index contributed by atoms with van der Waals surface area (Å²) in [6, 6.07) is 0. The van der Waals surface area contributed by atoms with Gasteiger partial charge >= 0.3 is 0 Å². The first-order valence-electron chi connectivity index (χ1n) is 2.56. The van der Waals surface area contributed by atoms with Crippen molar-refractivity contribution in [3.05, 3.63) is 12.2 Å². The van der Waals surface area contributed by atoms with Crippen LogP contribution in [0, 0.1) is 5.92 Å². The summed E-state index contributed by atoms with van der Waals surface area (Å²) in [4.78, 5) is 0. The Morgan fingerprint density at radius 2 is 2.50 bits per heavy atom. The van der Waals surface area contributed by atoms with Crippen LogP contribution in [0.3, 0.4) is 0 Å². The van der Waals surface area contributed by atoms with Gasteiger partial charge in [-0.1, -0.05) is 19.1 Å². The molecule has 1 unspecified atom stereocenters. The lowest BCUT2D eigenvalue weighted by Crippen LogP contribution is -1.76. The van der Waals surface area contributed by atoms with Crippen molar-refractivity contribution in [2.45, 2.75) is 19.8 Å². The average molecular weight is 82.1 g/mol. The summed E-state index contributed by atoms with van der Waals surface area (Å²) in [6.45, 7) is 2.25. The summed E-state index contributed by atoms with van der Waals surface area (Å²) >= 11 is 0. The SMILES string of the molecule is CC1C=CCC1. The molecule has 0 radical (unpaired) electrons. The Bertz CT molecular complexity index is 62.4. The van der Waals surface area contributed by atoms with Gasteiger partial charge in [0.2, 0.25) is 0 Å². The third-order valence-electron chi connectivity index (χ3n) is 1.25. The molecule has 0 fully saturated rings. The highest BCUT2D eigenvalue weighted by Crippen LogP contribution is 2.14. The van der Waals surface area contributed by atoms with Gasteiger partial charge in [-0.25, -0.2) is 0 Å². The van der Waals surface area contributed by atoms with Crippen LogP contribution >= 0.6 is 0 Å². The lowest BCUT2D eigenvalue weighted by Gasteiger charge is -1.89. The van der Waals surface area contributed by atoms with E-state index in [1.54, 1.807) is 0 Å². The molecule has 0 bridgehead atoms. The van der Waals surface area contributed by atoms with E-state index in [0.717, 1.165) is 5.92 Å². The zero-order chi connectivity index (χ0) is 4.41. The second-order valence-corrected chi connectivity index (χ2v) is 1.98. The summed E-state index contributed by atoms with van der Waals surface area (Å²) in [5, 5.41) is 0. The third-order valence-corrected chi connectivity index (χ3v) is 1.25. The molecule has 0 heterocycles. The maximum atomic E-state index is 2.28. The van der Waals surface area contributed by atoms with Gasteiger partial charge in [-0.3, -0.25) is 0 Å². The maximum absolute atomic E-state index is 2.28. The number of hydrogen-bond donors (Lipinski definition) is 0. The molecule has 34 valence electrons. The van der Waals surface area contributed by atoms with Gasteiger partial charge in [0.25, 0.3) is 0 Å². The van der Waals surface area contributed by atoms with Crippen molar-refractivity contribution in [3.8, 4) is 0 Å². The van der Waals surface area contributed by atoms with Gasteiger partial charge in [-0.15, -0.1) is 0 Å². The normalized spacial score (nSPS) is 31.8. The predicted molar refractivity (Wildman–Crippen MR) is 27.5 cm³/mol. The van der Waals surface area contributed by atoms with E-state index in [-0.39, 0.29) is 0 Å². The molecule has 0 aromatic rings. The Balaban J connectivity index is 2.38. The minimum Gasteiger partial charge on any atom is -0.0882 e. The zero-order valence-electron chi connectivity index (χ0n) is 4.15. The molecule has 0 aliphatic heterocycles. The Hall–Kier alpha value is -0.260. The van der Waals surface area contributed by atoms with Crippen molar-refractivity contribution >= 4 is 0 Å². The smallest absolute Gasteiger partial charge is 0.0259 e. The standard InChI is InChI=1S/C6H10/c1-6-4-2-3-5-6/h2,4,6H,3,5H2,1H3. The van der Waals surface area contributed by atoms with Gasteiger partial charge in [0.15, 0.2) is 0 Å². The molecule has 0 heteroatoms. The second-order valence-electron chi connectivity index (χ2n) is 1.98. The zero-order valence-corrected chi connectivity index (χ0v) is 4.15. The molecule has 0 aromatic carbocycles. The molecular formula is C6H10. The first kappa shape index (κ1) is 3.91. The van der Waals surface area contributed by atoms with Crippen LogP contribution in [0.2, 0.25) is 0 Å². The van der Waals surface area contributed by atoms with Crippen LogP contribution in [0.1, 0.15) is 19.8 Å². The lowest BCUT2D eigenvalue weighted by atomic mass is 10.2. The van der Waals surface area contributed by atoms with Crippen LogP contribution in [0.15, 0.2) is 12.2 Å². The fourth-order valence-corrected chi connectivity index (χ4v) is 0.784. The van der Waals surface area contributed by atoms with Crippen LogP contribution in [0.5, 0.6) is 0 Å². The summed E-state index contributed by atoms with van der Waals surface area (Å²) < 4.78 is 0. The van der Waals surface area contributed by atoms with Gasteiger partial charge in [-0.05, 0) is 18.8 Å². The number of rotatable bonds is 0. The highest BCUT2D eigenvalue weighted by atomic mass is 14.0. The molecule has 1 aliphatic rings. The minimum absolute atomic E-state index is 0.866. The molecule has 0 N–H and O–H groups in total. The summed E-state index contributed by atoms with van der Waals surface area (Å²) in [5.41, 5.74) is 0. The fourth-order valence-electron chi connectivity index (χ4n) is 0.784. The van der Waals surface area contributed by atoms with Crippen molar-refractivity contribution in [1.82, 2.24) is 0 Å². The second kappa shape index (κ2) is 1.46. The van der Waals surface area contributed by atoms with Gasteiger partial charge in [0.1, 0.15) is 0 Å². The van der Waals surface area contributed by atoms with Crippen molar-refractivity contribution in [2.24, 2.45) is 5.92 Å². The molecule has 0 saturated carbocycles. The summed E-state index contributed by atoms with van der Waals surface area (Å²) in [7, 11) is 0. The molecule has 0 saturated heterocycles. The first-order valence-corrected chi connectivity index (χ1v) is 2.56. The van der Waals surface area contributed by atoms with Crippen LogP contribution in [0.4, 0.5) is 0 Å². The van der Waals surface area contributed by atoms with Gasteiger partial charge < -0.3 is 0 Å². The monoisotopic (exact) mass is 82.1 g/mol. The van der Waals surface area contributed by atoms with Crippen LogP contribution < -0.4 is 0 Å². The van der Waals surface area contributed by atoms with Gasteiger partial charge in [-0.2, -0.15) is 0 Å². The lowest BCUT2D eigenvalue weighted by molar-refractivity contribution is 0.701. The average Bonchev–Trinajstić information content (AvgIpc) is 1.86. The molecule has 6 heavy (non-hydrogen) atoms. The summed E-state index contributed by atoms with van der Waals surface area (Å²) in [5.74, 6) is 0.866. The largest absolute Gasteiger partial charge is 0.0882 e. The topological polar surface area (TPSA) is 0 Å². The van der Waals surface area contributed by atoms with E-state index in [4.69, 9.17) is 0 Å². The Labute approximate surface area is 38.9 Å². The van der Waals surface area contributed by atoms with Gasteiger partial charge in [0, 0.05) is 0 Å². The van der Waals surface area contributed by atoms with E-state index in [0.29, 0.717) is 0 Å². The molecule has 0 amide bonds. The third kappa shape index (κ3) is 0.618. The quantitative estimate of drug-likeness (QED) is 0.392. The maximum Gasteiger partial charge on any atom is -0.0259 e. The van der Waals surface area contributed by atoms with E-state index in [9.17, 15) is 0 Å². The van der Waals surface area contributed by atoms with E-state index < -0.39 is 0 Å². The minimum atomic E-state index is 0.866.